The topological polar surface area (TPSA) is 78.7 Å². The number of hydrogen-bond donors (Lipinski definition) is 0. The van der Waals surface area contributed by atoms with Crippen LogP contribution in [-0.2, 0) is 9.53 Å². The molecule has 0 amide bonds. The van der Waals surface area contributed by atoms with Crippen LogP contribution in [0.4, 0.5) is 5.69 Å². The van der Waals surface area contributed by atoms with Gasteiger partial charge < -0.3 is 9.47 Å². The molecule has 1 aromatic carbocycles. The number of benzene rings is 1. The summed E-state index contributed by atoms with van der Waals surface area (Å²) in [4.78, 5) is 21.7. The zero-order valence-electron chi connectivity index (χ0n) is 9.70. The van der Waals surface area contributed by atoms with Gasteiger partial charge in [0.25, 0.3) is 5.69 Å². The molecule has 1 aromatic rings. The molecule has 1 aliphatic heterocycles. The maximum Gasteiger partial charge on any atom is 0.314 e. The van der Waals surface area contributed by atoms with Crippen LogP contribution in [0.25, 0.3) is 0 Å². The van der Waals surface area contributed by atoms with Crippen molar-refractivity contribution in [2.24, 2.45) is 5.92 Å². The van der Waals surface area contributed by atoms with E-state index in [1.54, 1.807) is 0 Å². The highest BCUT2D eigenvalue weighted by Gasteiger charge is 2.23. The monoisotopic (exact) mass is 251 g/mol. The molecule has 0 radical (unpaired) electrons. The number of carbonyl (C=O) groups excluding carboxylic acids is 1. The van der Waals surface area contributed by atoms with Crippen LogP contribution in [0.5, 0.6) is 5.75 Å². The van der Waals surface area contributed by atoms with E-state index >= 15 is 0 Å². The van der Waals surface area contributed by atoms with Crippen LogP contribution in [0.2, 0.25) is 0 Å². The highest BCUT2D eigenvalue weighted by atomic mass is 16.6. The highest BCUT2D eigenvalue weighted by molar-refractivity contribution is 5.75. The fourth-order valence-electron chi connectivity index (χ4n) is 1.77. The van der Waals surface area contributed by atoms with Crippen LogP contribution in [0.1, 0.15) is 12.8 Å². The summed E-state index contributed by atoms with van der Waals surface area (Å²) in [5, 5.41) is 10.5. The highest BCUT2D eigenvalue weighted by Crippen LogP contribution is 2.21. The summed E-state index contributed by atoms with van der Waals surface area (Å²) in [6.45, 7) is 1.14. The Morgan fingerprint density at radius 3 is 2.44 bits per heavy atom. The molecular formula is C12H13NO5. The first kappa shape index (κ1) is 12.5. The smallest absolute Gasteiger partial charge is 0.314 e. The van der Waals surface area contributed by atoms with Crippen molar-refractivity contribution in [1.82, 2.24) is 0 Å². The summed E-state index contributed by atoms with van der Waals surface area (Å²) in [5.41, 5.74) is -0.0270. The van der Waals surface area contributed by atoms with Crippen LogP contribution in [0.3, 0.4) is 0 Å². The third-order valence-corrected chi connectivity index (χ3v) is 2.82. The number of nitrogens with zero attached hydrogens (tertiary/aromatic N) is 1. The fourth-order valence-corrected chi connectivity index (χ4v) is 1.77. The SMILES string of the molecule is O=C(Oc1ccc([N+](=O)[O-])cc1)C1CCOCC1. The van der Waals surface area contributed by atoms with Gasteiger partial charge in [0.15, 0.2) is 0 Å². The molecule has 96 valence electrons. The summed E-state index contributed by atoms with van der Waals surface area (Å²) in [6.07, 6.45) is 1.32. The first-order chi connectivity index (χ1) is 8.66. The van der Waals surface area contributed by atoms with Crippen LogP contribution in [0.15, 0.2) is 24.3 Å². The largest absolute Gasteiger partial charge is 0.426 e. The van der Waals surface area contributed by atoms with Gasteiger partial charge in [0.05, 0.1) is 10.8 Å². The average molecular weight is 251 g/mol. The lowest BCUT2D eigenvalue weighted by atomic mass is 10.0. The van der Waals surface area contributed by atoms with Gasteiger partial charge in [0.2, 0.25) is 0 Å². The van der Waals surface area contributed by atoms with Gasteiger partial charge >= 0.3 is 5.97 Å². The predicted octanol–water partition coefficient (Wildman–Crippen LogP) is 1.93. The van der Waals surface area contributed by atoms with Gasteiger partial charge in [-0.2, -0.15) is 0 Å². The van der Waals surface area contributed by atoms with Crippen molar-refractivity contribution in [3.05, 3.63) is 34.4 Å². The fraction of sp³-hybridized carbons (Fsp3) is 0.417. The Labute approximate surface area is 104 Å². The van der Waals surface area contributed by atoms with E-state index < -0.39 is 4.92 Å². The van der Waals surface area contributed by atoms with Crippen molar-refractivity contribution in [2.75, 3.05) is 13.2 Å². The molecule has 1 saturated heterocycles. The van der Waals surface area contributed by atoms with Gasteiger partial charge in [0, 0.05) is 25.3 Å². The van der Waals surface area contributed by atoms with Crippen molar-refractivity contribution >= 4 is 11.7 Å². The second-order valence-electron chi connectivity index (χ2n) is 4.06. The Morgan fingerprint density at radius 1 is 1.28 bits per heavy atom. The quantitative estimate of drug-likeness (QED) is 0.355. The summed E-state index contributed by atoms with van der Waals surface area (Å²) in [5.74, 6) is -0.113. The molecule has 6 heteroatoms. The minimum atomic E-state index is -0.496. The zero-order valence-corrected chi connectivity index (χ0v) is 9.70. The molecule has 0 bridgehead atoms. The summed E-state index contributed by atoms with van der Waals surface area (Å²) >= 11 is 0. The lowest BCUT2D eigenvalue weighted by Crippen LogP contribution is -2.27. The molecule has 6 nitrogen and oxygen atoms in total. The standard InChI is InChI=1S/C12H13NO5/c14-12(9-5-7-17-8-6-9)18-11-3-1-10(2-4-11)13(15)16/h1-4,9H,5-8H2. The third kappa shape index (κ3) is 3.04. The number of rotatable bonds is 3. The zero-order chi connectivity index (χ0) is 13.0. The van der Waals surface area contributed by atoms with Crippen LogP contribution >= 0.6 is 0 Å². The Kier molecular flexibility index (Phi) is 3.88. The average Bonchev–Trinajstić information content (AvgIpc) is 2.40. The summed E-state index contributed by atoms with van der Waals surface area (Å²) in [7, 11) is 0. The number of hydrogen-bond acceptors (Lipinski definition) is 5. The number of non-ortho nitro benzene ring substituents is 1. The van der Waals surface area contributed by atoms with E-state index in [1.807, 2.05) is 0 Å². The molecule has 0 atom stereocenters. The van der Waals surface area contributed by atoms with Gasteiger partial charge in [-0.25, -0.2) is 0 Å². The Balaban J connectivity index is 1.96. The molecular weight excluding hydrogens is 238 g/mol. The van der Waals surface area contributed by atoms with Crippen molar-refractivity contribution in [3.8, 4) is 5.75 Å². The van der Waals surface area contributed by atoms with E-state index in [1.165, 1.54) is 24.3 Å². The predicted molar refractivity (Wildman–Crippen MR) is 62.3 cm³/mol. The van der Waals surface area contributed by atoms with Gasteiger partial charge in [0.1, 0.15) is 5.75 Å². The van der Waals surface area contributed by atoms with Gasteiger partial charge in [-0.15, -0.1) is 0 Å². The maximum atomic E-state index is 11.8. The second kappa shape index (κ2) is 5.59. The Hall–Kier alpha value is -1.95. The third-order valence-electron chi connectivity index (χ3n) is 2.82. The minimum absolute atomic E-state index is 0.0270. The van der Waals surface area contributed by atoms with Crippen LogP contribution < -0.4 is 4.74 Å². The second-order valence-corrected chi connectivity index (χ2v) is 4.06. The maximum absolute atomic E-state index is 11.8. The Morgan fingerprint density at radius 2 is 1.89 bits per heavy atom. The van der Waals surface area contributed by atoms with Gasteiger partial charge in [-0.05, 0) is 25.0 Å². The molecule has 0 aromatic heterocycles. The van der Waals surface area contributed by atoms with Crippen molar-refractivity contribution in [1.29, 1.82) is 0 Å². The van der Waals surface area contributed by atoms with E-state index in [0.717, 1.165) is 0 Å². The Bertz CT molecular complexity index is 436. The molecule has 0 N–H and O–H groups in total. The number of esters is 1. The van der Waals surface area contributed by atoms with E-state index in [2.05, 4.69) is 0 Å². The van der Waals surface area contributed by atoms with E-state index in [-0.39, 0.29) is 17.6 Å². The van der Waals surface area contributed by atoms with E-state index in [4.69, 9.17) is 9.47 Å². The molecule has 1 aliphatic rings. The van der Waals surface area contributed by atoms with Crippen LogP contribution in [-0.4, -0.2) is 24.1 Å². The van der Waals surface area contributed by atoms with Crippen molar-refractivity contribution < 1.29 is 19.2 Å². The molecule has 0 aliphatic carbocycles. The first-order valence-corrected chi connectivity index (χ1v) is 5.71. The number of nitro groups is 1. The molecule has 0 saturated carbocycles. The van der Waals surface area contributed by atoms with Crippen molar-refractivity contribution in [3.63, 3.8) is 0 Å². The van der Waals surface area contributed by atoms with E-state index in [0.29, 0.717) is 31.8 Å². The minimum Gasteiger partial charge on any atom is -0.426 e. The molecule has 0 spiro atoms. The van der Waals surface area contributed by atoms with Crippen molar-refractivity contribution in [2.45, 2.75) is 12.8 Å². The number of carbonyl (C=O) groups is 1. The van der Waals surface area contributed by atoms with Gasteiger partial charge in [-0.1, -0.05) is 0 Å². The van der Waals surface area contributed by atoms with E-state index in [9.17, 15) is 14.9 Å². The molecule has 1 fully saturated rings. The number of nitro benzene ring substituents is 1. The normalized spacial score (nSPS) is 16.2. The molecule has 18 heavy (non-hydrogen) atoms. The summed E-state index contributed by atoms with van der Waals surface area (Å²) < 4.78 is 10.3. The first-order valence-electron chi connectivity index (χ1n) is 5.71. The van der Waals surface area contributed by atoms with Gasteiger partial charge in [-0.3, -0.25) is 14.9 Å². The molecule has 0 unspecified atom stereocenters. The number of ether oxygens (including phenoxy) is 2. The van der Waals surface area contributed by atoms with Crippen LogP contribution in [0, 0.1) is 16.0 Å². The summed E-state index contributed by atoms with van der Waals surface area (Å²) in [6, 6.07) is 5.48. The molecule has 1 heterocycles. The molecule has 2 rings (SSSR count). The lowest BCUT2D eigenvalue weighted by molar-refractivity contribution is -0.384. The lowest BCUT2D eigenvalue weighted by Gasteiger charge is -2.20.